The van der Waals surface area contributed by atoms with Crippen LogP contribution in [0.2, 0.25) is 10.1 Å². The second-order valence-corrected chi connectivity index (χ2v) is 15.0. The summed E-state index contributed by atoms with van der Waals surface area (Å²) in [6.07, 6.45) is 2.89. The Hall–Kier alpha value is -1.91. The molecule has 0 aliphatic rings. The van der Waals surface area contributed by atoms with E-state index in [0.29, 0.717) is 13.0 Å². The van der Waals surface area contributed by atoms with Crippen molar-refractivity contribution >= 4 is 47.1 Å². The number of hydrogen-bond donors (Lipinski definition) is 0. The van der Waals surface area contributed by atoms with E-state index < -0.39 is 8.32 Å². The van der Waals surface area contributed by atoms with Gasteiger partial charge in [0.1, 0.15) is 0 Å². The zero-order chi connectivity index (χ0) is 24.6. The smallest absolute Gasteiger partial charge is 0.261 e. The highest BCUT2D eigenvalue weighted by molar-refractivity contribution is 6.99. The standard InChI is InChI=1S/C29H34Cl2O2Si/c1-29(2,3)34(26-12-6-4-7-13-26,27-14-8-5-9-15-27)33-22-21-23(11-10-16-28(31)32)24-17-19-25(30)20-18-24/h4-9,12-15,17-20,23H,10-11,16,21-22H2,1-3H3/t23-/m0/s1. The fourth-order valence-electron chi connectivity index (χ4n) is 4.82. The molecule has 34 heavy (non-hydrogen) atoms. The number of rotatable bonds is 11. The quantitative estimate of drug-likeness (QED) is 0.198. The normalized spacial score (nSPS) is 13.0. The highest BCUT2D eigenvalue weighted by Crippen LogP contribution is 2.37. The van der Waals surface area contributed by atoms with Gasteiger partial charge in [-0.1, -0.05) is 105 Å². The van der Waals surface area contributed by atoms with E-state index >= 15 is 0 Å². The number of carbonyl (C=O) groups excluding carboxylic acids is 1. The Bertz CT molecular complexity index is 992. The fraction of sp³-hybridized carbons (Fsp3) is 0.345. The Balaban J connectivity index is 1.89. The van der Waals surface area contributed by atoms with Gasteiger partial charge in [-0.15, -0.1) is 0 Å². The zero-order valence-electron chi connectivity index (χ0n) is 20.3. The molecule has 0 N–H and O–H groups in total. The van der Waals surface area contributed by atoms with Crippen molar-refractivity contribution in [3.05, 3.63) is 95.5 Å². The summed E-state index contributed by atoms with van der Waals surface area (Å²) in [7, 11) is -2.57. The topological polar surface area (TPSA) is 26.3 Å². The lowest BCUT2D eigenvalue weighted by Gasteiger charge is -2.43. The van der Waals surface area contributed by atoms with Crippen LogP contribution in [-0.4, -0.2) is 20.2 Å². The number of benzene rings is 3. The van der Waals surface area contributed by atoms with Crippen molar-refractivity contribution in [1.82, 2.24) is 0 Å². The molecule has 0 heterocycles. The van der Waals surface area contributed by atoms with Gasteiger partial charge in [-0.2, -0.15) is 0 Å². The highest BCUT2D eigenvalue weighted by Gasteiger charge is 2.50. The second-order valence-electron chi connectivity index (χ2n) is 9.80. The first-order valence-corrected chi connectivity index (χ1v) is 14.6. The molecule has 0 amide bonds. The van der Waals surface area contributed by atoms with Crippen molar-refractivity contribution in [2.45, 2.75) is 57.4 Å². The molecular formula is C29H34Cl2O2Si. The van der Waals surface area contributed by atoms with Crippen LogP contribution in [-0.2, 0) is 9.22 Å². The fourth-order valence-corrected chi connectivity index (χ4v) is 9.66. The van der Waals surface area contributed by atoms with Crippen molar-refractivity contribution in [3.8, 4) is 0 Å². The van der Waals surface area contributed by atoms with Crippen LogP contribution in [0, 0.1) is 0 Å². The molecule has 0 unspecified atom stereocenters. The predicted octanol–water partition coefficient (Wildman–Crippen LogP) is 7.33. The van der Waals surface area contributed by atoms with Gasteiger partial charge >= 0.3 is 0 Å². The monoisotopic (exact) mass is 512 g/mol. The minimum absolute atomic E-state index is 0.0590. The molecule has 180 valence electrons. The van der Waals surface area contributed by atoms with Gasteiger partial charge in [0.15, 0.2) is 0 Å². The van der Waals surface area contributed by atoms with Gasteiger partial charge in [0.2, 0.25) is 5.24 Å². The van der Waals surface area contributed by atoms with Crippen molar-refractivity contribution in [3.63, 3.8) is 0 Å². The minimum atomic E-state index is -2.57. The van der Waals surface area contributed by atoms with Crippen LogP contribution in [0.5, 0.6) is 0 Å². The first kappa shape index (κ1) is 26.7. The molecule has 0 radical (unpaired) electrons. The molecule has 0 bridgehead atoms. The Morgan fingerprint density at radius 3 is 1.85 bits per heavy atom. The molecule has 0 aliphatic heterocycles. The predicted molar refractivity (Wildman–Crippen MR) is 147 cm³/mol. The zero-order valence-corrected chi connectivity index (χ0v) is 22.8. The van der Waals surface area contributed by atoms with Gasteiger partial charge in [0.25, 0.3) is 8.32 Å². The summed E-state index contributed by atoms with van der Waals surface area (Å²) in [5, 5.41) is 2.95. The molecule has 1 atom stereocenters. The van der Waals surface area contributed by atoms with Crippen molar-refractivity contribution in [2.75, 3.05) is 6.61 Å². The Labute approximate surface area is 215 Å². The SMILES string of the molecule is CC(C)(C)[Si](OCC[C@H](CCCC(=O)Cl)c1ccc(Cl)cc1)(c1ccccc1)c1ccccc1. The Kier molecular flexibility index (Phi) is 9.55. The van der Waals surface area contributed by atoms with E-state index in [4.69, 9.17) is 27.6 Å². The van der Waals surface area contributed by atoms with E-state index in [2.05, 4.69) is 93.6 Å². The maximum Gasteiger partial charge on any atom is 0.261 e. The second kappa shape index (κ2) is 12.2. The lowest BCUT2D eigenvalue weighted by molar-refractivity contribution is -0.111. The summed E-state index contributed by atoms with van der Waals surface area (Å²) in [5.74, 6) is 0.270. The molecule has 0 spiro atoms. The van der Waals surface area contributed by atoms with Crippen LogP contribution in [0.3, 0.4) is 0 Å². The maximum atomic E-state index is 11.3. The molecule has 2 nitrogen and oxygen atoms in total. The highest BCUT2D eigenvalue weighted by atomic mass is 35.5. The van der Waals surface area contributed by atoms with Crippen molar-refractivity contribution in [2.24, 2.45) is 0 Å². The average molecular weight is 514 g/mol. The molecule has 0 saturated carbocycles. The van der Waals surface area contributed by atoms with Gasteiger partial charge < -0.3 is 4.43 Å². The Morgan fingerprint density at radius 1 is 0.853 bits per heavy atom. The third-order valence-corrected chi connectivity index (χ3v) is 12.0. The molecule has 3 aromatic carbocycles. The van der Waals surface area contributed by atoms with E-state index in [1.165, 1.54) is 15.9 Å². The number of halogens is 2. The van der Waals surface area contributed by atoms with E-state index in [9.17, 15) is 4.79 Å². The molecule has 5 heteroatoms. The lowest BCUT2D eigenvalue weighted by Crippen LogP contribution is -2.66. The van der Waals surface area contributed by atoms with Crippen LogP contribution in [0.4, 0.5) is 0 Å². The molecule has 0 aromatic heterocycles. The van der Waals surface area contributed by atoms with Crippen molar-refractivity contribution in [1.29, 1.82) is 0 Å². The first-order valence-electron chi connectivity index (χ1n) is 11.9. The minimum Gasteiger partial charge on any atom is -0.407 e. The summed E-state index contributed by atoms with van der Waals surface area (Å²) >= 11 is 11.7. The van der Waals surface area contributed by atoms with Crippen LogP contribution in [0.1, 0.15) is 57.9 Å². The number of carbonyl (C=O) groups is 1. The number of hydrogen-bond acceptors (Lipinski definition) is 2. The summed E-state index contributed by atoms with van der Waals surface area (Å²) in [4.78, 5) is 11.3. The van der Waals surface area contributed by atoms with Crippen molar-refractivity contribution < 1.29 is 9.22 Å². The lowest BCUT2D eigenvalue weighted by atomic mass is 9.91. The van der Waals surface area contributed by atoms with Gasteiger partial charge in [0, 0.05) is 18.1 Å². The van der Waals surface area contributed by atoms with Crippen LogP contribution in [0.25, 0.3) is 0 Å². The van der Waals surface area contributed by atoms with Gasteiger partial charge in [-0.05, 0) is 69.9 Å². The molecular weight excluding hydrogens is 479 g/mol. The largest absolute Gasteiger partial charge is 0.407 e. The van der Waals surface area contributed by atoms with Gasteiger partial charge in [0.05, 0.1) is 0 Å². The molecule has 0 aliphatic carbocycles. The van der Waals surface area contributed by atoms with E-state index in [1.807, 2.05) is 12.1 Å². The van der Waals surface area contributed by atoms with E-state index in [0.717, 1.165) is 24.3 Å². The Morgan fingerprint density at radius 2 is 1.38 bits per heavy atom. The molecule has 0 fully saturated rings. The van der Waals surface area contributed by atoms with Gasteiger partial charge in [-0.25, -0.2) is 0 Å². The molecule has 3 rings (SSSR count). The summed E-state index contributed by atoms with van der Waals surface area (Å²) in [6, 6.07) is 29.4. The van der Waals surface area contributed by atoms with Crippen LogP contribution in [0.15, 0.2) is 84.9 Å². The third-order valence-electron chi connectivity index (χ3n) is 6.47. The molecule has 0 saturated heterocycles. The maximum absolute atomic E-state index is 11.3. The summed E-state index contributed by atoms with van der Waals surface area (Å²) in [6.45, 7) is 7.52. The van der Waals surface area contributed by atoms with E-state index in [1.54, 1.807) is 0 Å². The first-order chi connectivity index (χ1) is 16.2. The third kappa shape index (κ3) is 6.60. The van der Waals surface area contributed by atoms with Crippen LogP contribution < -0.4 is 10.4 Å². The van der Waals surface area contributed by atoms with Gasteiger partial charge in [-0.3, -0.25) is 4.79 Å². The summed E-state index contributed by atoms with van der Waals surface area (Å²) in [5.41, 5.74) is 1.22. The average Bonchev–Trinajstić information content (AvgIpc) is 2.81. The summed E-state index contributed by atoms with van der Waals surface area (Å²) < 4.78 is 7.09. The van der Waals surface area contributed by atoms with Crippen LogP contribution >= 0.6 is 23.2 Å². The van der Waals surface area contributed by atoms with E-state index in [-0.39, 0.29) is 16.2 Å². The molecule has 3 aromatic rings.